The maximum atomic E-state index is 11.0. The molecule has 2 N–H and O–H groups in total. The van der Waals surface area contributed by atoms with Crippen LogP contribution >= 0.6 is 0 Å². The molecule has 18 heavy (non-hydrogen) atoms. The van der Waals surface area contributed by atoms with E-state index in [0.29, 0.717) is 13.1 Å². The van der Waals surface area contributed by atoms with Crippen LogP contribution in [-0.4, -0.2) is 53.7 Å². The molecule has 0 aliphatic rings. The van der Waals surface area contributed by atoms with Crippen LogP contribution in [0.1, 0.15) is 12.5 Å². The minimum absolute atomic E-state index is 0.502. The van der Waals surface area contributed by atoms with Gasteiger partial charge in [-0.1, -0.05) is 6.92 Å². The van der Waals surface area contributed by atoms with Crippen molar-refractivity contribution in [3.63, 3.8) is 0 Å². The van der Waals surface area contributed by atoms with Crippen LogP contribution in [0.15, 0.2) is 24.5 Å². The Morgan fingerprint density at radius 2 is 2.17 bits per heavy atom. The van der Waals surface area contributed by atoms with Crippen molar-refractivity contribution in [1.29, 1.82) is 0 Å². The third-order valence-corrected chi connectivity index (χ3v) is 2.77. The van der Waals surface area contributed by atoms with E-state index in [-0.39, 0.29) is 0 Å². The van der Waals surface area contributed by atoms with Gasteiger partial charge in [0, 0.05) is 25.5 Å². The molecule has 0 spiro atoms. The van der Waals surface area contributed by atoms with Crippen LogP contribution in [0, 0.1) is 0 Å². The molecule has 1 atom stereocenters. The van der Waals surface area contributed by atoms with E-state index in [1.54, 1.807) is 12.4 Å². The first-order valence-corrected chi connectivity index (χ1v) is 6.17. The molecule has 0 radical (unpaired) electrons. The van der Waals surface area contributed by atoms with Gasteiger partial charge in [0.25, 0.3) is 0 Å². The number of aliphatic carboxylic acids is 1. The first-order chi connectivity index (χ1) is 8.63. The fourth-order valence-corrected chi connectivity index (χ4v) is 1.75. The van der Waals surface area contributed by atoms with Crippen molar-refractivity contribution in [2.75, 3.05) is 26.7 Å². The zero-order chi connectivity index (χ0) is 13.4. The van der Waals surface area contributed by atoms with E-state index in [1.807, 2.05) is 31.0 Å². The number of carboxylic acid groups (broad SMARTS) is 1. The molecule has 5 heteroatoms. The summed E-state index contributed by atoms with van der Waals surface area (Å²) in [6.45, 7) is 3.91. The molecule has 1 aromatic rings. The van der Waals surface area contributed by atoms with Crippen LogP contribution in [0.5, 0.6) is 0 Å². The molecule has 100 valence electrons. The van der Waals surface area contributed by atoms with E-state index >= 15 is 0 Å². The van der Waals surface area contributed by atoms with E-state index in [2.05, 4.69) is 10.3 Å². The Balaban J connectivity index is 2.36. The van der Waals surface area contributed by atoms with Gasteiger partial charge in [0.2, 0.25) is 0 Å². The predicted octanol–water partition coefficient (Wildman–Crippen LogP) is 0.619. The lowest BCUT2D eigenvalue weighted by Gasteiger charge is -2.21. The van der Waals surface area contributed by atoms with E-state index in [9.17, 15) is 4.79 Å². The van der Waals surface area contributed by atoms with Crippen molar-refractivity contribution in [1.82, 2.24) is 15.2 Å². The quantitative estimate of drug-likeness (QED) is 0.709. The fourth-order valence-electron chi connectivity index (χ4n) is 1.75. The van der Waals surface area contributed by atoms with Crippen LogP contribution in [0.4, 0.5) is 0 Å². The number of carbonyl (C=O) groups is 1. The third kappa shape index (κ3) is 5.25. The molecule has 0 aliphatic heterocycles. The Morgan fingerprint density at radius 1 is 1.50 bits per heavy atom. The van der Waals surface area contributed by atoms with Crippen LogP contribution < -0.4 is 5.32 Å². The van der Waals surface area contributed by atoms with Gasteiger partial charge >= 0.3 is 5.97 Å². The van der Waals surface area contributed by atoms with Gasteiger partial charge in [0.1, 0.15) is 6.04 Å². The summed E-state index contributed by atoms with van der Waals surface area (Å²) >= 11 is 0. The van der Waals surface area contributed by atoms with E-state index in [1.165, 1.54) is 5.56 Å². The third-order valence-electron chi connectivity index (χ3n) is 2.77. The molecule has 0 bridgehead atoms. The largest absolute Gasteiger partial charge is 0.480 e. The summed E-state index contributed by atoms with van der Waals surface area (Å²) in [5.41, 5.74) is 1.21. The summed E-state index contributed by atoms with van der Waals surface area (Å²) in [5.74, 6) is -0.799. The Bertz CT molecular complexity index is 357. The second kappa shape index (κ2) is 7.79. The smallest absolute Gasteiger partial charge is 0.322 e. The van der Waals surface area contributed by atoms with Gasteiger partial charge in [-0.2, -0.15) is 0 Å². The van der Waals surface area contributed by atoms with Gasteiger partial charge in [0.05, 0.1) is 0 Å². The van der Waals surface area contributed by atoms with Crippen LogP contribution in [0.25, 0.3) is 0 Å². The molecule has 0 saturated heterocycles. The molecule has 0 fully saturated rings. The molecule has 0 aromatic carbocycles. The molecule has 1 aromatic heterocycles. The number of carboxylic acids is 1. The maximum Gasteiger partial charge on any atom is 0.322 e. The first-order valence-electron chi connectivity index (χ1n) is 6.17. The molecule has 1 heterocycles. The molecular weight excluding hydrogens is 230 g/mol. The highest BCUT2D eigenvalue weighted by atomic mass is 16.4. The van der Waals surface area contributed by atoms with E-state index in [4.69, 9.17) is 5.11 Å². The zero-order valence-electron chi connectivity index (χ0n) is 11.0. The number of nitrogens with one attached hydrogen (secondary N) is 1. The fraction of sp³-hybridized carbons (Fsp3) is 0.538. The van der Waals surface area contributed by atoms with Gasteiger partial charge in [0.15, 0.2) is 0 Å². The second-order valence-corrected chi connectivity index (χ2v) is 4.32. The van der Waals surface area contributed by atoms with Gasteiger partial charge < -0.3 is 15.3 Å². The van der Waals surface area contributed by atoms with Gasteiger partial charge in [-0.25, -0.2) is 0 Å². The van der Waals surface area contributed by atoms with Crippen molar-refractivity contribution >= 4 is 5.97 Å². The summed E-state index contributed by atoms with van der Waals surface area (Å²) in [4.78, 5) is 17.0. The van der Waals surface area contributed by atoms with Crippen LogP contribution in [0.2, 0.25) is 0 Å². The van der Waals surface area contributed by atoms with Crippen molar-refractivity contribution in [3.05, 3.63) is 30.1 Å². The summed E-state index contributed by atoms with van der Waals surface area (Å²) < 4.78 is 0. The van der Waals surface area contributed by atoms with Crippen molar-refractivity contribution in [3.8, 4) is 0 Å². The Labute approximate surface area is 108 Å². The lowest BCUT2D eigenvalue weighted by atomic mass is 10.2. The molecule has 5 nitrogen and oxygen atoms in total. The second-order valence-electron chi connectivity index (χ2n) is 4.32. The molecule has 0 saturated carbocycles. The number of hydrogen-bond acceptors (Lipinski definition) is 4. The lowest BCUT2D eigenvalue weighted by Crippen LogP contribution is -2.45. The SMILES string of the molecule is CCNC(CN(C)CCc1ccncc1)C(=O)O. The maximum absolute atomic E-state index is 11.0. The van der Waals surface area contributed by atoms with Gasteiger partial charge in [-0.3, -0.25) is 9.78 Å². The topological polar surface area (TPSA) is 65.5 Å². The monoisotopic (exact) mass is 251 g/mol. The molecule has 1 rings (SSSR count). The highest BCUT2D eigenvalue weighted by Crippen LogP contribution is 1.99. The van der Waals surface area contributed by atoms with Crippen molar-refractivity contribution in [2.24, 2.45) is 0 Å². The average Bonchev–Trinajstić information content (AvgIpc) is 2.37. The van der Waals surface area contributed by atoms with Gasteiger partial charge in [-0.15, -0.1) is 0 Å². The zero-order valence-corrected chi connectivity index (χ0v) is 11.0. The first kappa shape index (κ1) is 14.6. The summed E-state index contributed by atoms with van der Waals surface area (Å²) in [6.07, 6.45) is 4.44. The van der Waals surface area contributed by atoms with Crippen molar-refractivity contribution in [2.45, 2.75) is 19.4 Å². The van der Waals surface area contributed by atoms with Crippen molar-refractivity contribution < 1.29 is 9.90 Å². The van der Waals surface area contributed by atoms with Crippen LogP contribution in [-0.2, 0) is 11.2 Å². The van der Waals surface area contributed by atoms with Crippen LogP contribution in [0.3, 0.4) is 0 Å². The average molecular weight is 251 g/mol. The molecule has 0 aliphatic carbocycles. The Morgan fingerprint density at radius 3 is 2.72 bits per heavy atom. The molecule has 0 amide bonds. The lowest BCUT2D eigenvalue weighted by molar-refractivity contribution is -0.139. The van der Waals surface area contributed by atoms with E-state index < -0.39 is 12.0 Å². The predicted molar refractivity (Wildman–Crippen MR) is 70.5 cm³/mol. The minimum Gasteiger partial charge on any atom is -0.480 e. The highest BCUT2D eigenvalue weighted by molar-refractivity contribution is 5.73. The Hall–Kier alpha value is -1.46. The number of aromatic nitrogens is 1. The Kier molecular flexibility index (Phi) is 6.32. The summed E-state index contributed by atoms with van der Waals surface area (Å²) in [5, 5.41) is 12.0. The molecular formula is C13H21N3O2. The highest BCUT2D eigenvalue weighted by Gasteiger charge is 2.17. The standard InChI is InChI=1S/C13H21N3O2/c1-3-15-12(13(17)18)10-16(2)9-6-11-4-7-14-8-5-11/h4-5,7-8,12,15H,3,6,9-10H2,1-2H3,(H,17,18). The van der Waals surface area contributed by atoms with E-state index in [0.717, 1.165) is 13.0 Å². The number of pyridine rings is 1. The minimum atomic E-state index is -0.799. The number of nitrogens with zero attached hydrogens (tertiary/aromatic N) is 2. The number of rotatable bonds is 8. The summed E-state index contributed by atoms with van der Waals surface area (Å²) in [6, 6.07) is 3.46. The molecule has 1 unspecified atom stereocenters. The summed E-state index contributed by atoms with van der Waals surface area (Å²) in [7, 11) is 1.94. The van der Waals surface area contributed by atoms with Gasteiger partial charge in [-0.05, 0) is 37.7 Å². The number of likely N-dealkylation sites (N-methyl/N-ethyl adjacent to an activating group) is 2. The number of hydrogen-bond donors (Lipinski definition) is 2. The normalized spacial score (nSPS) is 12.6.